The number of carbonyl (C=O) groups excluding carboxylic acids is 3. The number of rotatable bonds is 44. The van der Waals surface area contributed by atoms with Crippen LogP contribution < -0.4 is 10.1 Å². The van der Waals surface area contributed by atoms with Gasteiger partial charge >= 0.3 is 11.9 Å². The van der Waals surface area contributed by atoms with E-state index in [0.717, 1.165) is 69.1 Å². The first-order chi connectivity index (χ1) is 32.3. The van der Waals surface area contributed by atoms with Crippen molar-refractivity contribution in [2.24, 2.45) is 0 Å². The Morgan fingerprint density at radius 2 is 0.879 bits per heavy atom. The predicted molar refractivity (Wildman–Crippen MR) is 268 cm³/mol. The molecule has 0 aromatic heterocycles. The summed E-state index contributed by atoms with van der Waals surface area (Å²) in [7, 11) is 1.62. The number of nitrogens with one attached hydrogen (secondary N) is 1. The third-order valence-electron chi connectivity index (χ3n) is 13.2. The minimum atomic E-state index is -1.51. The Kier molecular flexibility index (Phi) is 37.2. The van der Waals surface area contributed by atoms with Crippen molar-refractivity contribution in [3.05, 3.63) is 29.8 Å². The second-order valence-electron chi connectivity index (χ2n) is 19.3. The molecule has 1 fully saturated rings. The van der Waals surface area contributed by atoms with Crippen molar-refractivity contribution in [2.75, 3.05) is 13.7 Å². The van der Waals surface area contributed by atoms with E-state index in [1.54, 1.807) is 7.11 Å². The number of aliphatic hydroxyl groups excluding tert-OH is 1. The number of hydrogen-bond acceptors (Lipinski definition) is 9. The van der Waals surface area contributed by atoms with Gasteiger partial charge in [0.1, 0.15) is 17.9 Å². The molecule has 1 aliphatic heterocycles. The van der Waals surface area contributed by atoms with Gasteiger partial charge in [0.05, 0.1) is 20.3 Å². The van der Waals surface area contributed by atoms with Crippen LogP contribution in [0.4, 0.5) is 0 Å². The van der Waals surface area contributed by atoms with Crippen LogP contribution in [-0.4, -0.2) is 67.3 Å². The minimum Gasteiger partial charge on any atom is -0.497 e. The van der Waals surface area contributed by atoms with Crippen molar-refractivity contribution in [3.8, 4) is 5.75 Å². The van der Waals surface area contributed by atoms with E-state index in [0.29, 0.717) is 19.3 Å². The van der Waals surface area contributed by atoms with E-state index in [-0.39, 0.29) is 38.4 Å². The molecule has 1 aliphatic rings. The number of esters is 2. The quantitative estimate of drug-likeness (QED) is 0.0485. The van der Waals surface area contributed by atoms with Crippen LogP contribution in [0.5, 0.6) is 5.75 Å². The van der Waals surface area contributed by atoms with Crippen LogP contribution >= 0.6 is 0 Å². The van der Waals surface area contributed by atoms with Crippen LogP contribution in [0.2, 0.25) is 0 Å². The van der Waals surface area contributed by atoms with Gasteiger partial charge in [-0.15, -0.1) is 0 Å². The van der Waals surface area contributed by atoms with Crippen molar-refractivity contribution in [3.63, 3.8) is 0 Å². The Balaban J connectivity index is 2.08. The Morgan fingerprint density at radius 1 is 0.515 bits per heavy atom. The summed E-state index contributed by atoms with van der Waals surface area (Å²) in [6.45, 7) is 6.93. The van der Waals surface area contributed by atoms with E-state index >= 15 is 0 Å². The zero-order valence-electron chi connectivity index (χ0n) is 42.8. The second-order valence-corrected chi connectivity index (χ2v) is 19.3. The molecule has 1 aromatic rings. The fraction of sp³-hybridized carbons (Fsp3) is 0.839. The fourth-order valence-corrected chi connectivity index (χ4v) is 9.00. The van der Waals surface area contributed by atoms with E-state index in [1.807, 2.05) is 24.3 Å². The zero-order valence-corrected chi connectivity index (χ0v) is 42.8. The van der Waals surface area contributed by atoms with Crippen LogP contribution in [0.25, 0.3) is 0 Å². The Labute approximate surface area is 403 Å². The van der Waals surface area contributed by atoms with Gasteiger partial charge in [0.25, 0.3) is 0 Å². The highest BCUT2D eigenvalue weighted by molar-refractivity contribution is 5.76. The SMILES string of the molecule is CCCCCCCCCCCCCC(=O)NC1[C@H](O)OC(COCc2ccc(OC)cc2)[C@@H](OC(=O)CCCCCCCCCCCCC)[C@@H]1OC(=O)CCCCCCCCCCCCC. The molecule has 5 atom stereocenters. The first-order valence-electron chi connectivity index (χ1n) is 27.5. The van der Waals surface area contributed by atoms with Gasteiger partial charge in [0, 0.05) is 19.3 Å². The fourth-order valence-electron chi connectivity index (χ4n) is 9.00. The molecule has 10 nitrogen and oxygen atoms in total. The van der Waals surface area contributed by atoms with Crippen LogP contribution in [-0.2, 0) is 39.9 Å². The van der Waals surface area contributed by atoms with Crippen LogP contribution in [0.3, 0.4) is 0 Å². The number of carbonyl (C=O) groups is 3. The van der Waals surface area contributed by atoms with Gasteiger partial charge in [-0.3, -0.25) is 14.4 Å². The van der Waals surface area contributed by atoms with Gasteiger partial charge in [-0.25, -0.2) is 0 Å². The Bertz CT molecular complexity index is 1310. The summed E-state index contributed by atoms with van der Waals surface area (Å²) in [5.74, 6) is -0.394. The van der Waals surface area contributed by atoms with Crippen LogP contribution in [0, 0.1) is 0 Å². The third kappa shape index (κ3) is 29.9. The van der Waals surface area contributed by atoms with Gasteiger partial charge in [-0.1, -0.05) is 226 Å². The number of amides is 1. The third-order valence-corrected chi connectivity index (χ3v) is 13.2. The van der Waals surface area contributed by atoms with E-state index < -0.39 is 42.6 Å². The molecule has 0 saturated carbocycles. The number of benzene rings is 1. The monoisotopic (exact) mass is 930 g/mol. The number of unbranched alkanes of at least 4 members (excludes halogenated alkanes) is 30. The molecule has 1 saturated heterocycles. The second kappa shape index (κ2) is 41.3. The van der Waals surface area contributed by atoms with Crippen molar-refractivity contribution >= 4 is 17.8 Å². The van der Waals surface area contributed by atoms with E-state index in [4.69, 9.17) is 23.7 Å². The number of hydrogen-bond donors (Lipinski definition) is 2. The lowest BCUT2D eigenvalue weighted by molar-refractivity contribution is -0.267. The van der Waals surface area contributed by atoms with Crippen LogP contribution in [0.1, 0.15) is 257 Å². The summed E-state index contributed by atoms with van der Waals surface area (Å²) >= 11 is 0. The molecule has 0 spiro atoms. The van der Waals surface area contributed by atoms with Crippen LogP contribution in [0.15, 0.2) is 24.3 Å². The topological polar surface area (TPSA) is 130 Å². The van der Waals surface area contributed by atoms with Crippen molar-refractivity contribution in [2.45, 2.75) is 289 Å². The first kappa shape index (κ1) is 59.4. The molecule has 0 aliphatic carbocycles. The summed E-state index contributed by atoms with van der Waals surface area (Å²) in [6.07, 6.45) is 34.5. The maximum atomic E-state index is 13.6. The zero-order chi connectivity index (χ0) is 47.7. The molecular formula is C56H99NO9. The van der Waals surface area contributed by atoms with Gasteiger partial charge in [0.2, 0.25) is 5.91 Å². The summed E-state index contributed by atoms with van der Waals surface area (Å²) in [5.41, 5.74) is 0.902. The molecular weight excluding hydrogens is 831 g/mol. The summed E-state index contributed by atoms with van der Waals surface area (Å²) in [5, 5.41) is 14.5. The average molecular weight is 930 g/mol. The number of methoxy groups -OCH3 is 1. The average Bonchev–Trinajstić information content (AvgIpc) is 3.31. The molecule has 1 heterocycles. The van der Waals surface area contributed by atoms with E-state index in [9.17, 15) is 19.5 Å². The van der Waals surface area contributed by atoms with Crippen molar-refractivity contribution < 1.29 is 43.2 Å². The van der Waals surface area contributed by atoms with E-state index in [2.05, 4.69) is 26.1 Å². The van der Waals surface area contributed by atoms with Gasteiger partial charge in [-0.2, -0.15) is 0 Å². The van der Waals surface area contributed by atoms with Gasteiger partial charge in [-0.05, 0) is 37.0 Å². The molecule has 382 valence electrons. The molecule has 66 heavy (non-hydrogen) atoms. The van der Waals surface area contributed by atoms with Crippen molar-refractivity contribution in [1.29, 1.82) is 0 Å². The molecule has 2 rings (SSSR count). The molecule has 0 bridgehead atoms. The summed E-state index contributed by atoms with van der Waals surface area (Å²) in [4.78, 5) is 40.7. The highest BCUT2D eigenvalue weighted by atomic mass is 16.7. The normalized spacial score (nSPS) is 18.3. The molecule has 10 heteroatoms. The first-order valence-corrected chi connectivity index (χ1v) is 27.5. The van der Waals surface area contributed by atoms with Crippen molar-refractivity contribution in [1.82, 2.24) is 5.32 Å². The minimum absolute atomic E-state index is 0.0362. The molecule has 2 N–H and O–H groups in total. The standard InChI is InChI=1S/C56H99NO9/c1-5-8-11-14-17-20-23-26-29-32-35-38-50(58)57-53-55(66-52(60)40-37-34-31-28-25-22-19-16-13-10-7-3)54(65-51(59)39-36-33-30-27-24-21-18-15-12-9-6-2)49(64-56(53)61)46-63-45-47-41-43-48(62-4)44-42-47/h41-44,49,53-56,61H,5-40,45-46H2,1-4H3,(H,57,58)/t49?,53?,54-,55-,56-/m1/s1. The largest absolute Gasteiger partial charge is 0.497 e. The lowest BCUT2D eigenvalue weighted by Gasteiger charge is -2.44. The Hall–Kier alpha value is -2.69. The summed E-state index contributed by atoms with van der Waals surface area (Å²) in [6, 6.07) is 6.40. The molecule has 2 unspecified atom stereocenters. The van der Waals surface area contributed by atoms with E-state index in [1.165, 1.54) is 135 Å². The highest BCUT2D eigenvalue weighted by Crippen LogP contribution is 2.28. The van der Waals surface area contributed by atoms with Gasteiger partial charge in [0.15, 0.2) is 18.5 Å². The molecule has 1 aromatic carbocycles. The predicted octanol–water partition coefficient (Wildman–Crippen LogP) is 14.3. The molecule has 0 radical (unpaired) electrons. The lowest BCUT2D eigenvalue weighted by atomic mass is 9.95. The maximum absolute atomic E-state index is 13.6. The highest BCUT2D eigenvalue weighted by Gasteiger charge is 2.50. The summed E-state index contributed by atoms with van der Waals surface area (Å²) < 4.78 is 29.9. The molecule has 1 amide bonds. The number of aliphatic hydroxyl groups is 1. The lowest BCUT2D eigenvalue weighted by Crippen LogP contribution is -2.66. The number of ether oxygens (including phenoxy) is 5. The van der Waals surface area contributed by atoms with Gasteiger partial charge < -0.3 is 34.1 Å². The Morgan fingerprint density at radius 3 is 1.27 bits per heavy atom. The smallest absolute Gasteiger partial charge is 0.306 e. The maximum Gasteiger partial charge on any atom is 0.306 e.